The molecule has 0 bridgehead atoms. The van der Waals surface area contributed by atoms with Crippen molar-refractivity contribution in [1.82, 2.24) is 4.98 Å². The zero-order chi connectivity index (χ0) is 13.9. The van der Waals surface area contributed by atoms with Crippen molar-refractivity contribution >= 4 is 28.0 Å². The smallest absolute Gasteiger partial charge is 0.136 e. The van der Waals surface area contributed by atoms with Crippen molar-refractivity contribution in [2.24, 2.45) is 0 Å². The van der Waals surface area contributed by atoms with E-state index in [1.165, 1.54) is 5.39 Å². The Morgan fingerprint density at radius 3 is 2.20 bits per heavy atom. The molecular formula is C17H17N3. The van der Waals surface area contributed by atoms with Gasteiger partial charge in [-0.15, -0.1) is 0 Å². The van der Waals surface area contributed by atoms with E-state index in [1.54, 1.807) is 0 Å². The van der Waals surface area contributed by atoms with Gasteiger partial charge >= 0.3 is 0 Å². The summed E-state index contributed by atoms with van der Waals surface area (Å²) < 4.78 is 0. The first-order valence-electron chi connectivity index (χ1n) is 6.63. The highest BCUT2D eigenvalue weighted by Gasteiger charge is 2.08. The molecule has 100 valence electrons. The first-order valence-corrected chi connectivity index (χ1v) is 6.63. The van der Waals surface area contributed by atoms with E-state index in [0.717, 1.165) is 22.6 Å². The summed E-state index contributed by atoms with van der Waals surface area (Å²) in [6.07, 6.45) is 1.89. The molecule has 0 saturated carbocycles. The van der Waals surface area contributed by atoms with E-state index in [2.05, 4.69) is 40.6 Å². The van der Waals surface area contributed by atoms with Gasteiger partial charge < -0.3 is 10.2 Å². The van der Waals surface area contributed by atoms with Crippen molar-refractivity contribution in [3.05, 3.63) is 60.8 Å². The molecule has 1 aromatic heterocycles. The van der Waals surface area contributed by atoms with Gasteiger partial charge in [0.05, 0.1) is 11.9 Å². The van der Waals surface area contributed by atoms with Gasteiger partial charge in [0.15, 0.2) is 0 Å². The van der Waals surface area contributed by atoms with E-state index in [-0.39, 0.29) is 0 Å². The van der Waals surface area contributed by atoms with Gasteiger partial charge in [-0.1, -0.05) is 42.5 Å². The molecule has 0 radical (unpaired) electrons. The molecule has 0 aliphatic heterocycles. The number of nitrogens with one attached hydrogen (secondary N) is 1. The van der Waals surface area contributed by atoms with Crippen molar-refractivity contribution in [1.29, 1.82) is 0 Å². The zero-order valence-corrected chi connectivity index (χ0v) is 11.7. The highest BCUT2D eigenvalue weighted by atomic mass is 15.1. The van der Waals surface area contributed by atoms with Crippen molar-refractivity contribution in [2.45, 2.75) is 0 Å². The van der Waals surface area contributed by atoms with E-state index in [4.69, 9.17) is 0 Å². The third-order valence-corrected chi connectivity index (χ3v) is 3.25. The Hall–Kier alpha value is -2.55. The summed E-state index contributed by atoms with van der Waals surface area (Å²) in [5.41, 5.74) is 2.09. The van der Waals surface area contributed by atoms with Crippen LogP contribution < -0.4 is 10.2 Å². The van der Waals surface area contributed by atoms with Crippen LogP contribution in [-0.2, 0) is 0 Å². The molecule has 3 heteroatoms. The summed E-state index contributed by atoms with van der Waals surface area (Å²) in [5.74, 6) is 0.985. The largest absolute Gasteiger partial charge is 0.362 e. The van der Waals surface area contributed by atoms with Crippen LogP contribution in [0.15, 0.2) is 60.8 Å². The van der Waals surface area contributed by atoms with Crippen molar-refractivity contribution in [3.63, 3.8) is 0 Å². The molecule has 20 heavy (non-hydrogen) atoms. The van der Waals surface area contributed by atoms with Crippen molar-refractivity contribution < 1.29 is 0 Å². The fourth-order valence-corrected chi connectivity index (χ4v) is 2.31. The lowest BCUT2D eigenvalue weighted by Gasteiger charge is -2.16. The number of anilines is 3. The van der Waals surface area contributed by atoms with Crippen LogP contribution in [0.25, 0.3) is 10.8 Å². The molecule has 0 saturated heterocycles. The van der Waals surface area contributed by atoms with Gasteiger partial charge in [-0.3, -0.25) is 0 Å². The summed E-state index contributed by atoms with van der Waals surface area (Å²) in [6, 6.07) is 18.5. The van der Waals surface area contributed by atoms with Gasteiger partial charge in [0, 0.05) is 30.6 Å². The van der Waals surface area contributed by atoms with Crippen LogP contribution in [0.2, 0.25) is 0 Å². The van der Waals surface area contributed by atoms with Gasteiger partial charge in [-0.2, -0.15) is 0 Å². The minimum atomic E-state index is 0.985. The number of hydrogen-bond acceptors (Lipinski definition) is 3. The molecule has 2 aromatic carbocycles. The van der Waals surface area contributed by atoms with Crippen LogP contribution in [0.4, 0.5) is 17.2 Å². The first kappa shape index (κ1) is 12.5. The van der Waals surface area contributed by atoms with Gasteiger partial charge in [0.2, 0.25) is 0 Å². The van der Waals surface area contributed by atoms with Crippen LogP contribution >= 0.6 is 0 Å². The van der Waals surface area contributed by atoms with Gasteiger partial charge in [0.25, 0.3) is 0 Å². The van der Waals surface area contributed by atoms with E-state index in [9.17, 15) is 0 Å². The van der Waals surface area contributed by atoms with Crippen molar-refractivity contribution in [2.75, 3.05) is 24.3 Å². The monoisotopic (exact) mass is 263 g/mol. The Morgan fingerprint density at radius 1 is 0.850 bits per heavy atom. The van der Waals surface area contributed by atoms with Crippen LogP contribution in [0.3, 0.4) is 0 Å². The predicted molar refractivity (Wildman–Crippen MR) is 85.8 cm³/mol. The lowest BCUT2D eigenvalue weighted by atomic mass is 10.1. The van der Waals surface area contributed by atoms with E-state index in [1.807, 2.05) is 49.5 Å². The van der Waals surface area contributed by atoms with Crippen LogP contribution in [0, 0.1) is 0 Å². The molecule has 0 unspecified atom stereocenters. The summed E-state index contributed by atoms with van der Waals surface area (Å²) in [4.78, 5) is 6.60. The molecule has 1 heterocycles. The highest BCUT2D eigenvalue weighted by Crippen LogP contribution is 2.30. The SMILES string of the molecule is CN(C)c1ncc(Nc2ccccc2)c2ccccc12. The molecule has 3 rings (SSSR count). The zero-order valence-electron chi connectivity index (χ0n) is 11.7. The van der Waals surface area contributed by atoms with Gasteiger partial charge in [-0.05, 0) is 12.1 Å². The van der Waals surface area contributed by atoms with E-state index >= 15 is 0 Å². The molecule has 1 N–H and O–H groups in total. The number of rotatable bonds is 3. The minimum absolute atomic E-state index is 0.985. The maximum Gasteiger partial charge on any atom is 0.136 e. The third kappa shape index (κ3) is 2.30. The second kappa shape index (κ2) is 5.21. The fourth-order valence-electron chi connectivity index (χ4n) is 2.31. The molecule has 0 aliphatic carbocycles. The maximum absolute atomic E-state index is 4.57. The molecule has 0 atom stereocenters. The Balaban J connectivity index is 2.11. The number of hydrogen-bond donors (Lipinski definition) is 1. The van der Waals surface area contributed by atoms with Gasteiger partial charge in [-0.25, -0.2) is 4.98 Å². The summed E-state index contributed by atoms with van der Waals surface area (Å²) in [6.45, 7) is 0. The average Bonchev–Trinajstić information content (AvgIpc) is 2.48. The van der Waals surface area contributed by atoms with Gasteiger partial charge in [0.1, 0.15) is 5.82 Å². The number of para-hydroxylation sites is 1. The maximum atomic E-state index is 4.57. The van der Waals surface area contributed by atoms with Crippen molar-refractivity contribution in [3.8, 4) is 0 Å². The highest BCUT2D eigenvalue weighted by molar-refractivity contribution is 6.01. The first-order chi connectivity index (χ1) is 9.75. The summed E-state index contributed by atoms with van der Waals surface area (Å²) >= 11 is 0. The van der Waals surface area contributed by atoms with Crippen LogP contribution in [-0.4, -0.2) is 19.1 Å². The Labute approximate surface area is 118 Å². The topological polar surface area (TPSA) is 28.2 Å². The fraction of sp³-hybridized carbons (Fsp3) is 0.118. The Morgan fingerprint density at radius 2 is 1.50 bits per heavy atom. The minimum Gasteiger partial charge on any atom is -0.362 e. The summed E-state index contributed by atoms with van der Waals surface area (Å²) in [5, 5.41) is 5.76. The molecule has 0 fully saturated rings. The average molecular weight is 263 g/mol. The molecule has 0 aliphatic rings. The number of fused-ring (bicyclic) bond motifs is 1. The van der Waals surface area contributed by atoms with E-state index < -0.39 is 0 Å². The lowest BCUT2D eigenvalue weighted by molar-refractivity contribution is 1.08. The number of benzene rings is 2. The lowest BCUT2D eigenvalue weighted by Crippen LogP contribution is -2.11. The third-order valence-electron chi connectivity index (χ3n) is 3.25. The predicted octanol–water partition coefficient (Wildman–Crippen LogP) is 4.04. The normalized spacial score (nSPS) is 10.5. The molecule has 0 amide bonds. The second-order valence-corrected chi connectivity index (χ2v) is 4.93. The van der Waals surface area contributed by atoms with Crippen LogP contribution in [0.1, 0.15) is 0 Å². The Bertz CT molecular complexity index is 721. The summed E-state index contributed by atoms with van der Waals surface area (Å²) in [7, 11) is 4.03. The van der Waals surface area contributed by atoms with E-state index in [0.29, 0.717) is 0 Å². The molecular weight excluding hydrogens is 246 g/mol. The second-order valence-electron chi connectivity index (χ2n) is 4.93. The number of pyridine rings is 1. The molecule has 0 spiro atoms. The molecule has 3 nitrogen and oxygen atoms in total. The Kier molecular flexibility index (Phi) is 3.25. The molecule has 3 aromatic rings. The standard InChI is InChI=1S/C17H17N3/c1-20(2)17-15-11-7-6-10-14(15)16(12-18-17)19-13-8-4-3-5-9-13/h3-12,19H,1-2H3. The van der Waals surface area contributed by atoms with Crippen LogP contribution in [0.5, 0.6) is 0 Å². The number of nitrogens with zero attached hydrogens (tertiary/aromatic N) is 2. The quantitative estimate of drug-likeness (QED) is 0.773. The number of aromatic nitrogens is 1.